The van der Waals surface area contributed by atoms with Crippen LogP contribution < -0.4 is 10.1 Å². The van der Waals surface area contributed by atoms with Crippen LogP contribution in [0.3, 0.4) is 0 Å². The maximum Gasteiger partial charge on any atom is 0.193 e. The van der Waals surface area contributed by atoms with Gasteiger partial charge in [0.05, 0.1) is 13.2 Å². The predicted octanol–water partition coefficient (Wildman–Crippen LogP) is 2.59. The second kappa shape index (κ2) is 9.97. The summed E-state index contributed by atoms with van der Waals surface area (Å²) < 4.78 is 5.57. The van der Waals surface area contributed by atoms with E-state index in [0.717, 1.165) is 31.3 Å². The Morgan fingerprint density at radius 1 is 1.30 bits per heavy atom. The molecule has 1 aromatic rings. The molecule has 0 aliphatic carbocycles. The summed E-state index contributed by atoms with van der Waals surface area (Å²) in [5.74, 6) is 1.86. The van der Waals surface area contributed by atoms with E-state index in [0.29, 0.717) is 6.04 Å². The maximum atomic E-state index is 5.57. The van der Waals surface area contributed by atoms with Crippen molar-refractivity contribution in [2.45, 2.75) is 18.9 Å². The number of aliphatic imine (C=N–C) groups is 1. The van der Waals surface area contributed by atoms with Gasteiger partial charge < -0.3 is 15.0 Å². The minimum Gasteiger partial charge on any atom is -0.496 e. The van der Waals surface area contributed by atoms with Crippen molar-refractivity contribution >= 4 is 29.9 Å². The Hall–Kier alpha value is -1.02. The lowest BCUT2D eigenvalue weighted by molar-refractivity contribution is 0.238. The number of likely N-dealkylation sites (tertiary alicyclic amines) is 1. The predicted molar refractivity (Wildman–Crippen MR) is 107 cm³/mol. The van der Waals surface area contributed by atoms with Crippen molar-refractivity contribution < 1.29 is 4.74 Å². The molecule has 0 radical (unpaired) electrons. The van der Waals surface area contributed by atoms with Gasteiger partial charge in [0, 0.05) is 33.3 Å². The van der Waals surface area contributed by atoms with Crippen LogP contribution in [0.25, 0.3) is 0 Å². The first-order valence-electron chi connectivity index (χ1n) is 7.92. The molecular formula is C17H29IN4O. The third kappa shape index (κ3) is 5.24. The van der Waals surface area contributed by atoms with Gasteiger partial charge in [-0.3, -0.25) is 9.89 Å². The number of para-hydroxylation sites is 1. The van der Waals surface area contributed by atoms with Crippen molar-refractivity contribution in [2.24, 2.45) is 4.99 Å². The van der Waals surface area contributed by atoms with E-state index in [1.165, 1.54) is 18.4 Å². The standard InChI is InChI=1S/C17H28N4O.HI/c1-18-17(20(2)3)19-13-15(21-11-7-8-12-21)14-9-5-6-10-16(14)22-4;/h5-6,9-10,15H,7-8,11-13H2,1-4H3,(H,18,19);1H. The van der Waals surface area contributed by atoms with Gasteiger partial charge in [0.15, 0.2) is 5.96 Å². The molecule has 1 aliphatic heterocycles. The largest absolute Gasteiger partial charge is 0.496 e. The summed E-state index contributed by atoms with van der Waals surface area (Å²) in [7, 11) is 7.56. The van der Waals surface area contributed by atoms with E-state index in [-0.39, 0.29) is 24.0 Å². The van der Waals surface area contributed by atoms with Crippen LogP contribution in [0.5, 0.6) is 5.75 Å². The Morgan fingerprint density at radius 2 is 1.96 bits per heavy atom. The molecule has 0 aromatic heterocycles. The van der Waals surface area contributed by atoms with Crippen LogP contribution in [0.2, 0.25) is 0 Å². The van der Waals surface area contributed by atoms with Crippen LogP contribution in [0.4, 0.5) is 0 Å². The number of methoxy groups -OCH3 is 1. The molecule has 1 saturated heterocycles. The van der Waals surface area contributed by atoms with Gasteiger partial charge in [0.25, 0.3) is 0 Å². The van der Waals surface area contributed by atoms with Crippen molar-refractivity contribution in [1.29, 1.82) is 0 Å². The molecular weight excluding hydrogens is 403 g/mol. The van der Waals surface area contributed by atoms with Crippen molar-refractivity contribution in [3.05, 3.63) is 29.8 Å². The zero-order valence-electron chi connectivity index (χ0n) is 14.6. The molecule has 0 spiro atoms. The molecule has 0 bridgehead atoms. The van der Waals surface area contributed by atoms with Gasteiger partial charge in [-0.25, -0.2) is 0 Å². The van der Waals surface area contributed by atoms with Crippen LogP contribution in [0, 0.1) is 0 Å². The number of guanidine groups is 1. The lowest BCUT2D eigenvalue weighted by atomic mass is 10.0. The van der Waals surface area contributed by atoms with E-state index in [9.17, 15) is 0 Å². The van der Waals surface area contributed by atoms with Crippen LogP contribution in [0.15, 0.2) is 29.3 Å². The second-order valence-electron chi connectivity index (χ2n) is 5.82. The average molecular weight is 432 g/mol. The third-order valence-electron chi connectivity index (χ3n) is 4.17. The lowest BCUT2D eigenvalue weighted by Gasteiger charge is -2.30. The molecule has 1 aromatic carbocycles. The zero-order valence-corrected chi connectivity index (χ0v) is 16.9. The first kappa shape index (κ1) is 20.0. The Balaban J connectivity index is 0.00000264. The summed E-state index contributed by atoms with van der Waals surface area (Å²) in [4.78, 5) is 8.84. The summed E-state index contributed by atoms with van der Waals surface area (Å²) in [5.41, 5.74) is 1.24. The molecule has 1 fully saturated rings. The highest BCUT2D eigenvalue weighted by molar-refractivity contribution is 14.0. The third-order valence-corrected chi connectivity index (χ3v) is 4.17. The zero-order chi connectivity index (χ0) is 15.9. The maximum absolute atomic E-state index is 5.57. The number of benzene rings is 1. The summed E-state index contributed by atoms with van der Waals surface area (Å²) in [6.45, 7) is 3.11. The summed E-state index contributed by atoms with van der Waals surface area (Å²) in [6, 6.07) is 8.62. The highest BCUT2D eigenvalue weighted by atomic mass is 127. The van der Waals surface area contributed by atoms with Crippen molar-refractivity contribution in [3.8, 4) is 5.75 Å². The number of ether oxygens (including phenoxy) is 1. The fourth-order valence-corrected chi connectivity index (χ4v) is 3.06. The molecule has 0 amide bonds. The molecule has 5 nitrogen and oxygen atoms in total. The van der Waals surface area contributed by atoms with Crippen molar-refractivity contribution in [3.63, 3.8) is 0 Å². The van der Waals surface area contributed by atoms with Gasteiger partial charge in [-0.1, -0.05) is 18.2 Å². The fourth-order valence-electron chi connectivity index (χ4n) is 3.06. The Bertz CT molecular complexity index is 501. The van der Waals surface area contributed by atoms with E-state index >= 15 is 0 Å². The fraction of sp³-hybridized carbons (Fsp3) is 0.588. The molecule has 0 saturated carbocycles. The number of hydrogen-bond acceptors (Lipinski definition) is 3. The molecule has 1 heterocycles. The van der Waals surface area contributed by atoms with Crippen LogP contribution in [-0.2, 0) is 0 Å². The van der Waals surface area contributed by atoms with E-state index < -0.39 is 0 Å². The van der Waals surface area contributed by atoms with Crippen LogP contribution >= 0.6 is 24.0 Å². The summed E-state index contributed by atoms with van der Waals surface area (Å²) in [6.07, 6.45) is 2.54. The Labute approximate surface area is 157 Å². The van der Waals surface area contributed by atoms with Gasteiger partial charge in [-0.2, -0.15) is 0 Å². The summed E-state index contributed by atoms with van der Waals surface area (Å²) in [5, 5.41) is 3.47. The number of halogens is 1. The Kier molecular flexibility index (Phi) is 8.68. The monoisotopic (exact) mass is 432 g/mol. The topological polar surface area (TPSA) is 40.1 Å². The number of nitrogens with one attached hydrogen (secondary N) is 1. The van der Waals surface area contributed by atoms with Crippen LogP contribution in [-0.4, -0.2) is 63.6 Å². The molecule has 23 heavy (non-hydrogen) atoms. The number of rotatable bonds is 5. The number of hydrogen-bond donors (Lipinski definition) is 1. The van der Waals surface area contributed by atoms with Gasteiger partial charge in [0.2, 0.25) is 0 Å². The van der Waals surface area contributed by atoms with Crippen LogP contribution in [0.1, 0.15) is 24.4 Å². The summed E-state index contributed by atoms with van der Waals surface area (Å²) >= 11 is 0. The van der Waals surface area contributed by atoms with E-state index in [1.807, 2.05) is 38.2 Å². The van der Waals surface area contributed by atoms with E-state index in [2.05, 4.69) is 27.3 Å². The van der Waals surface area contributed by atoms with E-state index in [1.54, 1.807) is 7.11 Å². The molecule has 1 aliphatic rings. The SMILES string of the molecule is CN=C(NCC(c1ccccc1OC)N1CCCC1)N(C)C.I. The minimum atomic E-state index is 0. The van der Waals surface area contributed by atoms with Gasteiger partial charge >= 0.3 is 0 Å². The first-order chi connectivity index (χ1) is 10.7. The van der Waals surface area contributed by atoms with Gasteiger partial charge in [-0.15, -0.1) is 24.0 Å². The second-order valence-corrected chi connectivity index (χ2v) is 5.82. The van der Waals surface area contributed by atoms with Gasteiger partial charge in [0.1, 0.15) is 5.75 Å². The first-order valence-corrected chi connectivity index (χ1v) is 7.92. The van der Waals surface area contributed by atoms with Crippen molar-refractivity contribution in [1.82, 2.24) is 15.1 Å². The lowest BCUT2D eigenvalue weighted by Crippen LogP contribution is -2.42. The van der Waals surface area contributed by atoms with E-state index in [4.69, 9.17) is 4.74 Å². The quantitative estimate of drug-likeness (QED) is 0.441. The normalized spacial score (nSPS) is 16.6. The van der Waals surface area contributed by atoms with Crippen molar-refractivity contribution in [2.75, 3.05) is 47.9 Å². The highest BCUT2D eigenvalue weighted by Crippen LogP contribution is 2.31. The average Bonchev–Trinajstić information content (AvgIpc) is 3.05. The smallest absolute Gasteiger partial charge is 0.193 e. The van der Waals surface area contributed by atoms with Gasteiger partial charge in [-0.05, 0) is 32.0 Å². The molecule has 1 unspecified atom stereocenters. The molecule has 1 atom stereocenters. The Morgan fingerprint density at radius 3 is 2.52 bits per heavy atom. The molecule has 130 valence electrons. The number of nitrogens with zero attached hydrogens (tertiary/aromatic N) is 3. The minimum absolute atomic E-state index is 0. The molecule has 2 rings (SSSR count). The molecule has 1 N–H and O–H groups in total. The highest BCUT2D eigenvalue weighted by Gasteiger charge is 2.26. The molecule has 6 heteroatoms.